The molecule has 1 atom stereocenters. The topological polar surface area (TPSA) is 63.8 Å². The molecule has 0 saturated carbocycles. The number of nitrogens with two attached hydrogens (primary N) is 1. The van der Waals surface area contributed by atoms with Crippen LogP contribution in [-0.2, 0) is 0 Å². The molecule has 0 bridgehead atoms. The Balaban J connectivity index is 2.81. The molecule has 1 aromatic heterocycles. The fourth-order valence-electron chi connectivity index (χ4n) is 1.42. The molecule has 0 amide bonds. The summed E-state index contributed by atoms with van der Waals surface area (Å²) in [5, 5.41) is 4.14. The van der Waals surface area contributed by atoms with Gasteiger partial charge in [-0.2, -0.15) is 0 Å². The van der Waals surface area contributed by atoms with Gasteiger partial charge >= 0.3 is 0 Å². The van der Waals surface area contributed by atoms with Crippen LogP contribution < -0.4 is 11.3 Å². The van der Waals surface area contributed by atoms with E-state index in [2.05, 4.69) is 35.4 Å². The van der Waals surface area contributed by atoms with Crippen LogP contribution in [0.15, 0.2) is 12.7 Å². The molecule has 15 heavy (non-hydrogen) atoms. The van der Waals surface area contributed by atoms with Crippen molar-refractivity contribution in [1.82, 2.24) is 15.0 Å². The molecule has 0 spiro atoms. The molecule has 5 heteroatoms. The molecule has 1 heterocycles. The quantitative estimate of drug-likeness (QED) is 0.443. The fourth-order valence-corrected chi connectivity index (χ4v) is 2.32. The van der Waals surface area contributed by atoms with Gasteiger partial charge in [0.15, 0.2) is 0 Å². The Hall–Kier alpha value is -0.780. The second kappa shape index (κ2) is 5.95. The molecule has 3 N–H and O–H groups in total. The van der Waals surface area contributed by atoms with E-state index in [1.165, 1.54) is 11.5 Å². The summed E-state index contributed by atoms with van der Waals surface area (Å²) >= 11 is 1.42. The summed E-state index contributed by atoms with van der Waals surface area (Å²) in [5.41, 5.74) is 3.87. The van der Waals surface area contributed by atoms with Crippen LogP contribution in [0.4, 0.5) is 0 Å². The zero-order valence-corrected chi connectivity index (χ0v) is 10.0. The Bertz CT molecular complexity index is 308. The third-order valence-electron chi connectivity index (χ3n) is 2.26. The number of allylic oxidation sites excluding steroid dienone is 1. The Kier molecular flexibility index (Phi) is 4.87. The van der Waals surface area contributed by atoms with Gasteiger partial charge in [-0.25, -0.2) is 0 Å². The second-order valence-electron chi connectivity index (χ2n) is 3.76. The van der Waals surface area contributed by atoms with E-state index in [4.69, 9.17) is 5.84 Å². The Morgan fingerprint density at radius 1 is 1.60 bits per heavy atom. The van der Waals surface area contributed by atoms with Crippen LogP contribution in [0, 0.1) is 0 Å². The maximum Gasteiger partial charge on any atom is 0.0829 e. The van der Waals surface area contributed by atoms with E-state index in [-0.39, 0.29) is 6.04 Å². The number of nitrogens with zero attached hydrogens (tertiary/aromatic N) is 2. The highest BCUT2D eigenvalue weighted by Crippen LogP contribution is 2.28. The lowest BCUT2D eigenvalue weighted by molar-refractivity contribution is 0.521. The number of nitrogens with one attached hydrogen (secondary N) is 1. The third-order valence-corrected chi connectivity index (χ3v) is 3.12. The van der Waals surface area contributed by atoms with Crippen molar-refractivity contribution in [2.45, 2.75) is 38.6 Å². The molecule has 0 aliphatic carbocycles. The third kappa shape index (κ3) is 3.09. The molecule has 1 rings (SSSR count). The first-order valence-corrected chi connectivity index (χ1v) is 5.87. The highest BCUT2D eigenvalue weighted by Gasteiger charge is 2.19. The van der Waals surface area contributed by atoms with Crippen molar-refractivity contribution in [3.8, 4) is 0 Å². The predicted octanol–water partition coefficient (Wildman–Crippen LogP) is 2.13. The van der Waals surface area contributed by atoms with Crippen molar-refractivity contribution >= 4 is 11.5 Å². The van der Waals surface area contributed by atoms with E-state index < -0.39 is 0 Å². The minimum Gasteiger partial charge on any atom is -0.271 e. The monoisotopic (exact) mass is 226 g/mol. The van der Waals surface area contributed by atoms with Crippen LogP contribution in [0.3, 0.4) is 0 Å². The summed E-state index contributed by atoms with van der Waals surface area (Å²) in [6, 6.07) is 0.139. The summed E-state index contributed by atoms with van der Waals surface area (Å²) in [6.45, 7) is 7.93. The molecule has 0 radical (unpaired) electrons. The molecule has 0 aliphatic rings. The minimum atomic E-state index is 0.139. The second-order valence-corrected chi connectivity index (χ2v) is 4.55. The van der Waals surface area contributed by atoms with Crippen LogP contribution in [0.5, 0.6) is 0 Å². The van der Waals surface area contributed by atoms with E-state index in [0.29, 0.717) is 5.92 Å². The Morgan fingerprint density at radius 2 is 2.33 bits per heavy atom. The van der Waals surface area contributed by atoms with Gasteiger partial charge in [0.2, 0.25) is 0 Å². The predicted molar refractivity (Wildman–Crippen MR) is 63.5 cm³/mol. The van der Waals surface area contributed by atoms with Crippen molar-refractivity contribution in [1.29, 1.82) is 0 Å². The van der Waals surface area contributed by atoms with Crippen molar-refractivity contribution in [2.75, 3.05) is 0 Å². The van der Waals surface area contributed by atoms with Crippen molar-refractivity contribution in [2.24, 2.45) is 5.84 Å². The molecular weight excluding hydrogens is 208 g/mol. The highest BCUT2D eigenvalue weighted by molar-refractivity contribution is 7.05. The van der Waals surface area contributed by atoms with E-state index in [1.807, 2.05) is 6.08 Å². The lowest BCUT2D eigenvalue weighted by atomic mass is 10.0. The summed E-state index contributed by atoms with van der Waals surface area (Å²) in [5.74, 6) is 5.93. The zero-order valence-electron chi connectivity index (χ0n) is 9.23. The van der Waals surface area contributed by atoms with Crippen LogP contribution in [0.2, 0.25) is 0 Å². The average molecular weight is 226 g/mol. The van der Waals surface area contributed by atoms with Crippen LogP contribution in [0.1, 0.15) is 49.2 Å². The molecule has 1 aromatic rings. The van der Waals surface area contributed by atoms with E-state index in [9.17, 15) is 0 Å². The normalized spacial score (nSPS) is 13.1. The summed E-state index contributed by atoms with van der Waals surface area (Å²) in [4.78, 5) is 1.15. The number of hydrogen-bond acceptors (Lipinski definition) is 5. The van der Waals surface area contributed by atoms with E-state index in [0.717, 1.165) is 23.4 Å². The first-order chi connectivity index (χ1) is 7.20. The molecule has 0 fully saturated rings. The van der Waals surface area contributed by atoms with Crippen molar-refractivity contribution in [3.63, 3.8) is 0 Å². The standard InChI is InChI=1S/C10H18N4S/c1-4-5-6-8(12-11)10-9(7(2)3)13-14-15-10/h4,7-8,12H,1,5-6,11H2,2-3H3. The number of hydrogen-bond donors (Lipinski definition) is 2. The largest absolute Gasteiger partial charge is 0.271 e. The van der Waals surface area contributed by atoms with Crippen LogP contribution in [0.25, 0.3) is 0 Å². The SMILES string of the molecule is C=CCCC(NN)c1snnc1C(C)C. The zero-order chi connectivity index (χ0) is 11.3. The molecule has 0 aliphatic heterocycles. The van der Waals surface area contributed by atoms with Crippen LogP contribution >= 0.6 is 11.5 Å². The van der Waals surface area contributed by atoms with Gasteiger partial charge in [-0.15, -0.1) is 11.7 Å². The van der Waals surface area contributed by atoms with Gasteiger partial charge in [-0.05, 0) is 30.3 Å². The fraction of sp³-hybridized carbons (Fsp3) is 0.600. The van der Waals surface area contributed by atoms with Gasteiger partial charge < -0.3 is 0 Å². The molecular formula is C10H18N4S. The molecule has 84 valence electrons. The molecule has 0 aromatic carbocycles. The Morgan fingerprint density at radius 3 is 2.87 bits per heavy atom. The molecule has 0 saturated heterocycles. The first-order valence-electron chi connectivity index (χ1n) is 5.09. The molecule has 4 nitrogen and oxygen atoms in total. The summed E-state index contributed by atoms with van der Waals surface area (Å²) in [7, 11) is 0. The van der Waals surface area contributed by atoms with Crippen molar-refractivity contribution < 1.29 is 0 Å². The lowest BCUT2D eigenvalue weighted by Crippen LogP contribution is -2.28. The van der Waals surface area contributed by atoms with E-state index in [1.54, 1.807) is 0 Å². The molecule has 1 unspecified atom stereocenters. The number of rotatable bonds is 6. The van der Waals surface area contributed by atoms with Gasteiger partial charge in [0.25, 0.3) is 0 Å². The van der Waals surface area contributed by atoms with Gasteiger partial charge in [0.1, 0.15) is 0 Å². The highest BCUT2D eigenvalue weighted by atomic mass is 32.1. The lowest BCUT2D eigenvalue weighted by Gasteiger charge is -2.14. The van der Waals surface area contributed by atoms with Gasteiger partial charge in [-0.3, -0.25) is 11.3 Å². The van der Waals surface area contributed by atoms with Crippen LogP contribution in [-0.4, -0.2) is 9.59 Å². The van der Waals surface area contributed by atoms with Gasteiger partial charge in [0, 0.05) is 0 Å². The average Bonchev–Trinajstić information content (AvgIpc) is 2.68. The first kappa shape index (κ1) is 12.3. The summed E-state index contributed by atoms with van der Waals surface area (Å²) < 4.78 is 3.99. The Labute approximate surface area is 94.7 Å². The number of aromatic nitrogens is 2. The van der Waals surface area contributed by atoms with Gasteiger partial charge in [-0.1, -0.05) is 24.4 Å². The minimum absolute atomic E-state index is 0.139. The number of hydrazine groups is 1. The maximum atomic E-state index is 5.54. The maximum absolute atomic E-state index is 5.54. The van der Waals surface area contributed by atoms with Crippen molar-refractivity contribution in [3.05, 3.63) is 23.2 Å². The summed E-state index contributed by atoms with van der Waals surface area (Å²) in [6.07, 6.45) is 3.77. The van der Waals surface area contributed by atoms with Gasteiger partial charge in [0.05, 0.1) is 16.6 Å². The van der Waals surface area contributed by atoms with E-state index >= 15 is 0 Å². The smallest absolute Gasteiger partial charge is 0.0829 e.